The molecule has 0 bridgehead atoms. The van der Waals surface area contributed by atoms with Gasteiger partial charge in [0.05, 0.1) is 18.2 Å². The number of aromatic nitrogens is 4. The maximum atomic E-state index is 13.4. The van der Waals surface area contributed by atoms with E-state index in [-0.39, 0.29) is 47.2 Å². The lowest BCUT2D eigenvalue weighted by molar-refractivity contribution is -0.167. The standard InChI is InChI=1S/C29H34N4O6/c1-16-11-17(2)33-28(30-16)31-26(32-33)13-22-24(36)15-29(39-27(22)37,20-7-5-6-8-20)10-9-19-12-21(18(3)34)23(35)14-25(19)38-4/h11-12,14,20,35-36H,5-10,13,15H2,1-4H3. The van der Waals surface area contributed by atoms with Crippen LogP contribution in [0.5, 0.6) is 11.5 Å². The number of aryl methyl sites for hydroxylation is 3. The molecular formula is C29H34N4O6. The number of nitrogens with zero attached hydrogens (tertiary/aromatic N) is 4. The number of phenolic OH excluding ortho intramolecular Hbond substituents is 1. The van der Waals surface area contributed by atoms with Gasteiger partial charge in [-0.2, -0.15) is 4.98 Å². The third-order valence-electron chi connectivity index (χ3n) is 8.05. The summed E-state index contributed by atoms with van der Waals surface area (Å²) in [6.45, 7) is 5.19. The third kappa shape index (κ3) is 5.07. The molecule has 1 unspecified atom stereocenters. The van der Waals surface area contributed by atoms with Crippen molar-refractivity contribution in [1.29, 1.82) is 0 Å². The second kappa shape index (κ2) is 10.3. The number of Topliss-reactive ketones (excluding diaryl/α,β-unsaturated/α-hetero) is 1. The first kappa shape index (κ1) is 26.6. The number of hydrogen-bond donors (Lipinski definition) is 2. The lowest BCUT2D eigenvalue weighted by Crippen LogP contribution is -2.46. The number of phenols is 1. The molecule has 0 amide bonds. The second-order valence-corrected chi connectivity index (χ2v) is 10.7. The van der Waals surface area contributed by atoms with Gasteiger partial charge in [-0.05, 0) is 70.1 Å². The van der Waals surface area contributed by atoms with Crippen LogP contribution in [0.4, 0.5) is 0 Å². The van der Waals surface area contributed by atoms with E-state index in [0.717, 1.165) is 42.6 Å². The molecule has 10 heteroatoms. The van der Waals surface area contributed by atoms with Gasteiger partial charge in [-0.25, -0.2) is 14.3 Å². The Hall–Kier alpha value is -3.95. The quantitative estimate of drug-likeness (QED) is 0.316. The number of carbonyl (C=O) groups is 2. The van der Waals surface area contributed by atoms with E-state index in [4.69, 9.17) is 9.47 Å². The predicted molar refractivity (Wildman–Crippen MR) is 142 cm³/mol. The van der Waals surface area contributed by atoms with Crippen LogP contribution in [0.15, 0.2) is 29.5 Å². The number of aliphatic hydroxyl groups excluding tert-OH is 1. The van der Waals surface area contributed by atoms with E-state index in [1.54, 1.807) is 10.6 Å². The Balaban J connectivity index is 1.44. The van der Waals surface area contributed by atoms with Crippen molar-refractivity contribution in [2.75, 3.05) is 7.11 Å². The van der Waals surface area contributed by atoms with Crippen LogP contribution < -0.4 is 4.74 Å². The highest BCUT2D eigenvalue weighted by molar-refractivity contribution is 5.97. The SMILES string of the molecule is COc1cc(O)c(C(C)=O)cc1CCC1(C2CCCC2)CC(O)=C(Cc2nc3nc(C)cc(C)n3n2)C(=O)O1. The van der Waals surface area contributed by atoms with Crippen molar-refractivity contribution in [2.45, 2.75) is 77.7 Å². The lowest BCUT2D eigenvalue weighted by atomic mass is 9.76. The number of esters is 1. The normalized spacial score (nSPS) is 20.1. The zero-order valence-corrected chi connectivity index (χ0v) is 22.8. The fourth-order valence-corrected chi connectivity index (χ4v) is 6.06. The number of rotatable bonds is 8. The summed E-state index contributed by atoms with van der Waals surface area (Å²) in [6.07, 6.45) is 5.00. The largest absolute Gasteiger partial charge is 0.512 e. The number of carbonyl (C=O) groups excluding carboxylic acids is 2. The van der Waals surface area contributed by atoms with E-state index in [2.05, 4.69) is 15.1 Å². The number of ether oxygens (including phenoxy) is 2. The molecule has 2 N–H and O–H groups in total. The van der Waals surface area contributed by atoms with Gasteiger partial charge in [0.15, 0.2) is 11.6 Å². The maximum Gasteiger partial charge on any atom is 0.338 e. The molecule has 1 aromatic carbocycles. The molecule has 1 atom stereocenters. The molecule has 3 aromatic rings. The molecule has 39 heavy (non-hydrogen) atoms. The minimum absolute atomic E-state index is 0.0000334. The number of methoxy groups -OCH3 is 1. The van der Waals surface area contributed by atoms with Crippen molar-refractivity contribution < 1.29 is 29.3 Å². The van der Waals surface area contributed by atoms with Crippen LogP contribution in [-0.4, -0.2) is 54.3 Å². The zero-order chi connectivity index (χ0) is 27.9. The number of aromatic hydroxyl groups is 1. The summed E-state index contributed by atoms with van der Waals surface area (Å²) in [4.78, 5) is 34.3. The Morgan fingerprint density at radius 2 is 1.92 bits per heavy atom. The maximum absolute atomic E-state index is 13.4. The first-order chi connectivity index (χ1) is 18.6. The Morgan fingerprint density at radius 3 is 2.59 bits per heavy atom. The van der Waals surface area contributed by atoms with Gasteiger partial charge in [-0.3, -0.25) is 4.79 Å². The predicted octanol–water partition coefficient (Wildman–Crippen LogP) is 4.52. The number of cyclic esters (lactones) is 1. The molecule has 5 rings (SSSR count). The van der Waals surface area contributed by atoms with Crippen molar-refractivity contribution in [2.24, 2.45) is 5.92 Å². The van der Waals surface area contributed by atoms with Crippen molar-refractivity contribution in [1.82, 2.24) is 19.6 Å². The van der Waals surface area contributed by atoms with Gasteiger partial charge in [-0.15, -0.1) is 5.10 Å². The molecule has 10 nitrogen and oxygen atoms in total. The Morgan fingerprint density at radius 1 is 1.18 bits per heavy atom. The summed E-state index contributed by atoms with van der Waals surface area (Å²) in [7, 11) is 1.51. The molecule has 2 aliphatic rings. The van der Waals surface area contributed by atoms with Crippen LogP contribution in [0.3, 0.4) is 0 Å². The minimum Gasteiger partial charge on any atom is -0.512 e. The van der Waals surface area contributed by atoms with E-state index in [9.17, 15) is 19.8 Å². The highest BCUT2D eigenvalue weighted by Crippen LogP contribution is 2.46. The van der Waals surface area contributed by atoms with Crippen LogP contribution in [0, 0.1) is 19.8 Å². The number of fused-ring (bicyclic) bond motifs is 1. The average molecular weight is 535 g/mol. The first-order valence-corrected chi connectivity index (χ1v) is 13.3. The van der Waals surface area contributed by atoms with Crippen LogP contribution in [0.1, 0.15) is 78.6 Å². The van der Waals surface area contributed by atoms with E-state index in [1.807, 2.05) is 19.9 Å². The minimum atomic E-state index is -0.887. The monoisotopic (exact) mass is 534 g/mol. The number of aliphatic hydroxyl groups is 1. The van der Waals surface area contributed by atoms with Gasteiger partial charge in [-0.1, -0.05) is 12.8 Å². The Labute approximate surface area is 226 Å². The highest BCUT2D eigenvalue weighted by atomic mass is 16.6. The average Bonchev–Trinajstić information content (AvgIpc) is 3.56. The highest BCUT2D eigenvalue weighted by Gasteiger charge is 2.48. The summed E-state index contributed by atoms with van der Waals surface area (Å²) < 4.78 is 13.3. The lowest BCUT2D eigenvalue weighted by Gasteiger charge is -2.42. The van der Waals surface area contributed by atoms with Crippen LogP contribution >= 0.6 is 0 Å². The van der Waals surface area contributed by atoms with Gasteiger partial charge in [0.1, 0.15) is 22.9 Å². The van der Waals surface area contributed by atoms with Crippen LogP contribution in [0.2, 0.25) is 0 Å². The van der Waals surface area contributed by atoms with Crippen molar-refractivity contribution >= 4 is 17.5 Å². The van der Waals surface area contributed by atoms with Gasteiger partial charge >= 0.3 is 5.97 Å². The number of hydrogen-bond acceptors (Lipinski definition) is 9. The smallest absolute Gasteiger partial charge is 0.338 e. The zero-order valence-electron chi connectivity index (χ0n) is 22.8. The van der Waals surface area contributed by atoms with E-state index in [0.29, 0.717) is 30.2 Å². The molecule has 1 saturated carbocycles. The Bertz CT molecular complexity index is 1490. The third-order valence-corrected chi connectivity index (χ3v) is 8.05. The number of benzene rings is 1. The Kier molecular flexibility index (Phi) is 7.05. The summed E-state index contributed by atoms with van der Waals surface area (Å²) in [6, 6.07) is 4.98. The fourth-order valence-electron chi connectivity index (χ4n) is 6.06. The number of ketones is 1. The van der Waals surface area contributed by atoms with Crippen molar-refractivity contribution in [3.05, 3.63) is 57.9 Å². The van der Waals surface area contributed by atoms with Gasteiger partial charge < -0.3 is 19.7 Å². The summed E-state index contributed by atoms with van der Waals surface area (Å²) in [5.41, 5.74) is 1.91. The van der Waals surface area contributed by atoms with Crippen LogP contribution in [0.25, 0.3) is 5.78 Å². The van der Waals surface area contributed by atoms with Crippen molar-refractivity contribution in [3.63, 3.8) is 0 Å². The molecule has 3 heterocycles. The molecule has 0 radical (unpaired) electrons. The summed E-state index contributed by atoms with van der Waals surface area (Å²) in [5.74, 6) is 0.435. The van der Waals surface area contributed by atoms with Crippen LogP contribution in [-0.2, 0) is 22.4 Å². The molecule has 1 fully saturated rings. The van der Waals surface area contributed by atoms with E-state index >= 15 is 0 Å². The van der Waals surface area contributed by atoms with E-state index in [1.165, 1.54) is 20.1 Å². The molecule has 0 spiro atoms. The van der Waals surface area contributed by atoms with Crippen molar-refractivity contribution in [3.8, 4) is 11.5 Å². The molecule has 1 aliphatic heterocycles. The summed E-state index contributed by atoms with van der Waals surface area (Å²) in [5, 5.41) is 25.9. The first-order valence-electron chi connectivity index (χ1n) is 13.3. The van der Waals surface area contributed by atoms with E-state index < -0.39 is 11.6 Å². The molecule has 0 saturated heterocycles. The molecular weight excluding hydrogens is 500 g/mol. The van der Waals surface area contributed by atoms with Gasteiger partial charge in [0, 0.05) is 30.3 Å². The fraction of sp³-hybridized carbons (Fsp3) is 0.483. The summed E-state index contributed by atoms with van der Waals surface area (Å²) >= 11 is 0. The topological polar surface area (TPSA) is 136 Å². The molecule has 1 aliphatic carbocycles. The van der Waals surface area contributed by atoms with Gasteiger partial charge in [0.25, 0.3) is 5.78 Å². The molecule has 206 valence electrons. The van der Waals surface area contributed by atoms with Gasteiger partial charge in [0.2, 0.25) is 0 Å². The molecule has 2 aromatic heterocycles. The second-order valence-electron chi connectivity index (χ2n) is 10.7.